The molecular weight excluding hydrogens is 208 g/mol. The minimum Gasteiger partial charge on any atom is -0.375 e. The van der Waals surface area contributed by atoms with Crippen molar-refractivity contribution < 1.29 is 0 Å². The summed E-state index contributed by atoms with van der Waals surface area (Å²) in [7, 11) is 2.15. The van der Waals surface area contributed by atoms with Crippen LogP contribution in [-0.4, -0.2) is 20.1 Å². The van der Waals surface area contributed by atoms with E-state index in [1.54, 1.807) is 0 Å². The summed E-state index contributed by atoms with van der Waals surface area (Å²) in [6, 6.07) is 6.69. The minimum absolute atomic E-state index is 0.229. The van der Waals surface area contributed by atoms with Crippen molar-refractivity contribution in [1.82, 2.24) is 0 Å². The van der Waals surface area contributed by atoms with Crippen molar-refractivity contribution in [3.63, 3.8) is 0 Å². The molecule has 96 valence electrons. The van der Waals surface area contributed by atoms with Crippen LogP contribution in [0.5, 0.6) is 0 Å². The smallest absolute Gasteiger partial charge is 0.0368 e. The quantitative estimate of drug-likeness (QED) is 0.848. The Labute approximate surface area is 106 Å². The third-order valence-electron chi connectivity index (χ3n) is 3.32. The lowest BCUT2D eigenvalue weighted by Gasteiger charge is -2.27. The van der Waals surface area contributed by atoms with Crippen molar-refractivity contribution in [3.8, 4) is 0 Å². The molecule has 2 nitrogen and oxygen atoms in total. The molecule has 2 N–H and O–H groups in total. The van der Waals surface area contributed by atoms with E-state index in [0.717, 1.165) is 19.5 Å². The maximum atomic E-state index is 5.76. The van der Waals surface area contributed by atoms with E-state index in [1.165, 1.54) is 16.8 Å². The molecule has 1 aromatic rings. The summed E-state index contributed by atoms with van der Waals surface area (Å²) in [5, 5.41) is 0. The highest BCUT2D eigenvalue weighted by molar-refractivity contribution is 5.50. The zero-order valence-corrected chi connectivity index (χ0v) is 11.9. The van der Waals surface area contributed by atoms with Crippen LogP contribution in [0.3, 0.4) is 0 Å². The predicted molar refractivity (Wildman–Crippen MR) is 76.6 cm³/mol. The second kappa shape index (κ2) is 5.54. The Bertz CT molecular complexity index is 349. The Morgan fingerprint density at radius 2 is 1.65 bits per heavy atom. The van der Waals surface area contributed by atoms with Gasteiger partial charge >= 0.3 is 0 Å². The second-order valence-electron chi connectivity index (χ2n) is 5.89. The Balaban J connectivity index is 2.67. The number of hydrogen-bond acceptors (Lipinski definition) is 2. The second-order valence-corrected chi connectivity index (χ2v) is 5.89. The number of anilines is 1. The SMILES string of the molecule is Cc1cc(C)cc(N(C)CCC(C)(C)CN)c1. The van der Waals surface area contributed by atoms with Crippen molar-refractivity contribution in [2.45, 2.75) is 34.1 Å². The summed E-state index contributed by atoms with van der Waals surface area (Å²) in [5.74, 6) is 0. The van der Waals surface area contributed by atoms with Crippen molar-refractivity contribution in [2.24, 2.45) is 11.1 Å². The van der Waals surface area contributed by atoms with Gasteiger partial charge in [0.05, 0.1) is 0 Å². The molecule has 0 saturated carbocycles. The first-order chi connectivity index (χ1) is 7.84. The van der Waals surface area contributed by atoms with Crippen LogP contribution in [-0.2, 0) is 0 Å². The maximum absolute atomic E-state index is 5.76. The molecule has 0 aliphatic rings. The molecule has 17 heavy (non-hydrogen) atoms. The number of rotatable bonds is 5. The normalized spacial score (nSPS) is 11.6. The largest absolute Gasteiger partial charge is 0.375 e. The fraction of sp³-hybridized carbons (Fsp3) is 0.600. The first-order valence-corrected chi connectivity index (χ1v) is 6.33. The number of hydrogen-bond donors (Lipinski definition) is 1. The summed E-state index contributed by atoms with van der Waals surface area (Å²) >= 11 is 0. The Hall–Kier alpha value is -1.02. The first kappa shape index (κ1) is 14.0. The maximum Gasteiger partial charge on any atom is 0.0368 e. The van der Waals surface area contributed by atoms with Crippen LogP contribution in [0, 0.1) is 19.3 Å². The van der Waals surface area contributed by atoms with Crippen LogP contribution in [0.1, 0.15) is 31.4 Å². The van der Waals surface area contributed by atoms with Gasteiger partial charge in [-0.2, -0.15) is 0 Å². The first-order valence-electron chi connectivity index (χ1n) is 6.33. The van der Waals surface area contributed by atoms with Gasteiger partial charge in [-0.1, -0.05) is 19.9 Å². The van der Waals surface area contributed by atoms with E-state index < -0.39 is 0 Å². The van der Waals surface area contributed by atoms with Crippen LogP contribution in [0.2, 0.25) is 0 Å². The fourth-order valence-corrected chi connectivity index (χ4v) is 1.87. The minimum atomic E-state index is 0.229. The summed E-state index contributed by atoms with van der Waals surface area (Å²) in [4.78, 5) is 2.32. The van der Waals surface area contributed by atoms with Gasteiger partial charge in [0.2, 0.25) is 0 Å². The van der Waals surface area contributed by atoms with Crippen molar-refractivity contribution in [3.05, 3.63) is 29.3 Å². The molecule has 0 bridgehead atoms. The van der Waals surface area contributed by atoms with Gasteiger partial charge in [-0.3, -0.25) is 0 Å². The van der Waals surface area contributed by atoms with E-state index in [9.17, 15) is 0 Å². The topological polar surface area (TPSA) is 29.3 Å². The standard InChI is InChI=1S/C15H26N2/c1-12-8-13(2)10-14(9-12)17(5)7-6-15(3,4)11-16/h8-10H,6-7,11,16H2,1-5H3. The van der Waals surface area contributed by atoms with Crippen LogP contribution in [0.4, 0.5) is 5.69 Å². The van der Waals surface area contributed by atoms with Gasteiger partial charge in [0.25, 0.3) is 0 Å². The highest BCUT2D eigenvalue weighted by atomic mass is 15.1. The lowest BCUT2D eigenvalue weighted by Crippen LogP contribution is -2.29. The molecule has 0 spiro atoms. The third kappa shape index (κ3) is 4.39. The molecule has 1 rings (SSSR count). The molecule has 2 heteroatoms. The van der Waals surface area contributed by atoms with E-state index in [2.05, 4.69) is 57.8 Å². The lowest BCUT2D eigenvalue weighted by atomic mass is 9.89. The van der Waals surface area contributed by atoms with E-state index in [4.69, 9.17) is 5.73 Å². The van der Waals surface area contributed by atoms with Gasteiger partial charge in [-0.05, 0) is 55.5 Å². The molecule has 0 unspecified atom stereocenters. The van der Waals surface area contributed by atoms with Gasteiger partial charge in [0, 0.05) is 19.3 Å². The molecule has 1 aromatic carbocycles. The van der Waals surface area contributed by atoms with Crippen molar-refractivity contribution >= 4 is 5.69 Å². The summed E-state index contributed by atoms with van der Waals surface area (Å²) in [6.45, 7) is 10.5. The monoisotopic (exact) mass is 234 g/mol. The zero-order valence-electron chi connectivity index (χ0n) is 11.9. The van der Waals surface area contributed by atoms with Crippen LogP contribution in [0.15, 0.2) is 18.2 Å². The molecule has 0 fully saturated rings. The highest BCUT2D eigenvalue weighted by Gasteiger charge is 2.16. The van der Waals surface area contributed by atoms with E-state index >= 15 is 0 Å². The van der Waals surface area contributed by atoms with E-state index in [1.807, 2.05) is 0 Å². The van der Waals surface area contributed by atoms with Crippen LogP contribution >= 0.6 is 0 Å². The molecule has 0 radical (unpaired) electrons. The highest BCUT2D eigenvalue weighted by Crippen LogP contribution is 2.22. The molecule has 0 atom stereocenters. The van der Waals surface area contributed by atoms with E-state index in [0.29, 0.717) is 0 Å². The molecule has 0 aliphatic carbocycles. The van der Waals surface area contributed by atoms with E-state index in [-0.39, 0.29) is 5.41 Å². The zero-order chi connectivity index (χ0) is 13.1. The Kier molecular flexibility index (Phi) is 4.58. The number of aryl methyl sites for hydroxylation is 2. The number of nitrogens with zero attached hydrogens (tertiary/aromatic N) is 1. The molecule has 0 amide bonds. The van der Waals surface area contributed by atoms with Gasteiger partial charge in [0.1, 0.15) is 0 Å². The molecular formula is C15H26N2. The van der Waals surface area contributed by atoms with Crippen LogP contribution in [0.25, 0.3) is 0 Å². The van der Waals surface area contributed by atoms with Gasteiger partial charge < -0.3 is 10.6 Å². The average molecular weight is 234 g/mol. The third-order valence-corrected chi connectivity index (χ3v) is 3.32. The van der Waals surface area contributed by atoms with Crippen molar-refractivity contribution in [2.75, 3.05) is 25.0 Å². The molecule has 0 heterocycles. The Morgan fingerprint density at radius 1 is 1.12 bits per heavy atom. The molecule has 0 aliphatic heterocycles. The lowest BCUT2D eigenvalue weighted by molar-refractivity contribution is 0.351. The molecule has 0 saturated heterocycles. The number of nitrogens with two attached hydrogens (primary N) is 1. The summed E-state index contributed by atoms with van der Waals surface area (Å²) < 4.78 is 0. The van der Waals surface area contributed by atoms with Gasteiger partial charge in [-0.25, -0.2) is 0 Å². The molecule has 0 aromatic heterocycles. The fourth-order valence-electron chi connectivity index (χ4n) is 1.87. The van der Waals surface area contributed by atoms with Crippen LogP contribution < -0.4 is 10.6 Å². The average Bonchev–Trinajstić information content (AvgIpc) is 2.24. The van der Waals surface area contributed by atoms with Gasteiger partial charge in [-0.15, -0.1) is 0 Å². The Morgan fingerprint density at radius 3 is 2.12 bits per heavy atom. The summed E-state index contributed by atoms with van der Waals surface area (Å²) in [6.07, 6.45) is 1.12. The van der Waals surface area contributed by atoms with Gasteiger partial charge in [0.15, 0.2) is 0 Å². The summed E-state index contributed by atoms with van der Waals surface area (Å²) in [5.41, 5.74) is 9.94. The number of benzene rings is 1. The van der Waals surface area contributed by atoms with Crippen molar-refractivity contribution in [1.29, 1.82) is 0 Å². The predicted octanol–water partition coefficient (Wildman–Crippen LogP) is 3.11.